The third-order valence-corrected chi connectivity index (χ3v) is 2.54. The second-order valence-electron chi connectivity index (χ2n) is 2.40. The summed E-state index contributed by atoms with van der Waals surface area (Å²) >= 11 is 1.85. The van der Waals surface area contributed by atoms with E-state index in [0.29, 0.717) is 17.1 Å². The lowest BCUT2D eigenvalue weighted by Crippen LogP contribution is -2.09. The normalized spacial score (nSPS) is 14.3. The maximum atomic E-state index is 8.75. The van der Waals surface area contributed by atoms with Gasteiger partial charge in [-0.25, -0.2) is 0 Å². The standard InChI is InChI=1S/C7H16OS/c1-4-7(5-8)9-6(2)3/h6-8H,4-5H2,1-3H3/t7-/m0/s1. The molecule has 0 spiro atoms. The highest BCUT2D eigenvalue weighted by Gasteiger charge is 2.05. The summed E-state index contributed by atoms with van der Waals surface area (Å²) in [4.78, 5) is 0. The second-order valence-corrected chi connectivity index (χ2v) is 4.28. The van der Waals surface area contributed by atoms with Crippen molar-refractivity contribution in [2.75, 3.05) is 6.61 Å². The van der Waals surface area contributed by atoms with Gasteiger partial charge in [-0.3, -0.25) is 0 Å². The van der Waals surface area contributed by atoms with Crippen LogP contribution < -0.4 is 0 Å². The Labute approximate surface area is 61.8 Å². The van der Waals surface area contributed by atoms with Crippen LogP contribution in [0.25, 0.3) is 0 Å². The van der Waals surface area contributed by atoms with Crippen LogP contribution in [0.15, 0.2) is 0 Å². The van der Waals surface area contributed by atoms with E-state index < -0.39 is 0 Å². The molecule has 0 aromatic heterocycles. The van der Waals surface area contributed by atoms with Gasteiger partial charge in [0.1, 0.15) is 0 Å². The number of aliphatic hydroxyl groups is 1. The van der Waals surface area contributed by atoms with Crippen molar-refractivity contribution in [2.45, 2.75) is 37.7 Å². The van der Waals surface area contributed by atoms with Crippen molar-refractivity contribution in [1.29, 1.82) is 0 Å². The maximum absolute atomic E-state index is 8.75. The first-order chi connectivity index (χ1) is 4.20. The van der Waals surface area contributed by atoms with Gasteiger partial charge in [0, 0.05) is 5.25 Å². The highest BCUT2D eigenvalue weighted by atomic mass is 32.2. The fourth-order valence-corrected chi connectivity index (χ4v) is 1.70. The van der Waals surface area contributed by atoms with Crippen molar-refractivity contribution >= 4 is 11.8 Å². The van der Waals surface area contributed by atoms with Gasteiger partial charge in [0.05, 0.1) is 6.61 Å². The smallest absolute Gasteiger partial charge is 0.0550 e. The minimum absolute atomic E-state index is 0.319. The van der Waals surface area contributed by atoms with Gasteiger partial charge in [-0.05, 0) is 11.7 Å². The number of hydrogen-bond donors (Lipinski definition) is 1. The first kappa shape index (κ1) is 9.31. The van der Waals surface area contributed by atoms with Gasteiger partial charge in [-0.15, -0.1) is 0 Å². The molecule has 1 N–H and O–H groups in total. The Morgan fingerprint density at radius 3 is 2.11 bits per heavy atom. The Bertz CT molecular complexity index is 59.9. The molecule has 0 aliphatic carbocycles. The average Bonchev–Trinajstić information content (AvgIpc) is 1.82. The van der Waals surface area contributed by atoms with Crippen LogP contribution in [0, 0.1) is 0 Å². The quantitative estimate of drug-likeness (QED) is 0.657. The zero-order chi connectivity index (χ0) is 7.28. The summed E-state index contributed by atoms with van der Waals surface area (Å²) in [7, 11) is 0. The van der Waals surface area contributed by atoms with E-state index in [-0.39, 0.29) is 0 Å². The fourth-order valence-electron chi connectivity index (χ4n) is 0.653. The molecule has 1 atom stereocenters. The van der Waals surface area contributed by atoms with Crippen molar-refractivity contribution in [3.8, 4) is 0 Å². The molecular formula is C7H16OS. The highest BCUT2D eigenvalue weighted by molar-refractivity contribution is 8.00. The van der Waals surface area contributed by atoms with Gasteiger partial charge in [-0.2, -0.15) is 11.8 Å². The lowest BCUT2D eigenvalue weighted by molar-refractivity contribution is 0.292. The lowest BCUT2D eigenvalue weighted by Gasteiger charge is -2.12. The summed E-state index contributed by atoms with van der Waals surface area (Å²) in [5.74, 6) is 0. The van der Waals surface area contributed by atoms with Crippen LogP contribution in [0.3, 0.4) is 0 Å². The van der Waals surface area contributed by atoms with Crippen molar-refractivity contribution in [1.82, 2.24) is 0 Å². The summed E-state index contributed by atoms with van der Waals surface area (Å²) in [5.41, 5.74) is 0. The van der Waals surface area contributed by atoms with Gasteiger partial charge in [0.25, 0.3) is 0 Å². The molecule has 0 saturated heterocycles. The Hall–Kier alpha value is 0.310. The molecule has 0 rings (SSSR count). The van der Waals surface area contributed by atoms with Crippen LogP contribution in [-0.2, 0) is 0 Å². The Morgan fingerprint density at radius 1 is 1.44 bits per heavy atom. The summed E-state index contributed by atoms with van der Waals surface area (Å²) in [6, 6.07) is 0. The molecule has 0 saturated carbocycles. The van der Waals surface area contributed by atoms with E-state index in [4.69, 9.17) is 5.11 Å². The van der Waals surface area contributed by atoms with Gasteiger partial charge in [-0.1, -0.05) is 20.8 Å². The average molecular weight is 148 g/mol. The van der Waals surface area contributed by atoms with E-state index in [1.54, 1.807) is 0 Å². The number of thioether (sulfide) groups is 1. The predicted molar refractivity (Wildman–Crippen MR) is 43.9 cm³/mol. The molecule has 0 bridgehead atoms. The molecule has 0 unspecified atom stereocenters. The summed E-state index contributed by atoms with van der Waals surface area (Å²) in [6.45, 7) is 6.74. The molecule has 1 nitrogen and oxygen atoms in total. The number of aliphatic hydroxyl groups excluding tert-OH is 1. The van der Waals surface area contributed by atoms with Crippen molar-refractivity contribution in [2.24, 2.45) is 0 Å². The van der Waals surface area contributed by atoms with E-state index in [9.17, 15) is 0 Å². The molecule has 0 aromatic rings. The van der Waals surface area contributed by atoms with Gasteiger partial charge < -0.3 is 5.11 Å². The predicted octanol–water partition coefficient (Wildman–Crippen LogP) is 1.90. The highest BCUT2D eigenvalue weighted by Crippen LogP contribution is 2.18. The van der Waals surface area contributed by atoms with Crippen LogP contribution >= 0.6 is 11.8 Å². The van der Waals surface area contributed by atoms with Crippen LogP contribution in [0.2, 0.25) is 0 Å². The third kappa shape index (κ3) is 4.79. The largest absolute Gasteiger partial charge is 0.395 e. The Balaban J connectivity index is 3.31. The summed E-state index contributed by atoms with van der Waals surface area (Å²) in [5, 5.41) is 9.84. The molecule has 0 amide bonds. The molecular weight excluding hydrogens is 132 g/mol. The Morgan fingerprint density at radius 2 is 2.00 bits per heavy atom. The van der Waals surface area contributed by atoms with E-state index >= 15 is 0 Å². The number of hydrogen-bond acceptors (Lipinski definition) is 2. The molecule has 0 aliphatic rings. The van der Waals surface area contributed by atoms with E-state index in [1.807, 2.05) is 11.8 Å². The van der Waals surface area contributed by atoms with Crippen molar-refractivity contribution in [3.05, 3.63) is 0 Å². The van der Waals surface area contributed by atoms with Gasteiger partial charge in [0.2, 0.25) is 0 Å². The van der Waals surface area contributed by atoms with Crippen LogP contribution in [-0.4, -0.2) is 22.2 Å². The maximum Gasteiger partial charge on any atom is 0.0550 e. The second kappa shape index (κ2) is 5.12. The zero-order valence-electron chi connectivity index (χ0n) is 6.42. The van der Waals surface area contributed by atoms with E-state index in [2.05, 4.69) is 20.8 Å². The molecule has 0 aliphatic heterocycles. The lowest BCUT2D eigenvalue weighted by atomic mass is 10.3. The van der Waals surface area contributed by atoms with Crippen LogP contribution in [0.1, 0.15) is 27.2 Å². The molecule has 0 heterocycles. The topological polar surface area (TPSA) is 20.2 Å². The molecule has 0 fully saturated rings. The number of rotatable bonds is 4. The minimum Gasteiger partial charge on any atom is -0.395 e. The van der Waals surface area contributed by atoms with Crippen molar-refractivity contribution in [3.63, 3.8) is 0 Å². The SMILES string of the molecule is CC[C@@H](CO)SC(C)C. The minimum atomic E-state index is 0.319. The first-order valence-corrected chi connectivity index (χ1v) is 4.41. The van der Waals surface area contributed by atoms with Crippen LogP contribution in [0.5, 0.6) is 0 Å². The first-order valence-electron chi connectivity index (χ1n) is 3.47. The molecule has 9 heavy (non-hydrogen) atoms. The van der Waals surface area contributed by atoms with Gasteiger partial charge in [0.15, 0.2) is 0 Å². The summed E-state index contributed by atoms with van der Waals surface area (Å²) in [6.07, 6.45) is 1.07. The molecule has 2 heteroatoms. The third-order valence-electron chi connectivity index (χ3n) is 1.12. The zero-order valence-corrected chi connectivity index (χ0v) is 7.24. The monoisotopic (exact) mass is 148 g/mol. The molecule has 56 valence electrons. The van der Waals surface area contributed by atoms with E-state index in [1.165, 1.54) is 0 Å². The van der Waals surface area contributed by atoms with Crippen LogP contribution in [0.4, 0.5) is 0 Å². The molecule has 0 radical (unpaired) electrons. The molecule has 0 aromatic carbocycles. The Kier molecular flexibility index (Phi) is 5.30. The van der Waals surface area contributed by atoms with Crippen molar-refractivity contribution < 1.29 is 5.11 Å². The fraction of sp³-hybridized carbons (Fsp3) is 1.00. The summed E-state index contributed by atoms with van der Waals surface area (Å²) < 4.78 is 0. The van der Waals surface area contributed by atoms with E-state index in [0.717, 1.165) is 6.42 Å². The van der Waals surface area contributed by atoms with Gasteiger partial charge >= 0.3 is 0 Å².